The van der Waals surface area contributed by atoms with Gasteiger partial charge in [-0.25, -0.2) is 14.8 Å². The Kier molecular flexibility index (Phi) is 4.12. The monoisotopic (exact) mass is 275 g/mol. The van der Waals surface area contributed by atoms with E-state index >= 15 is 0 Å². The zero-order valence-corrected chi connectivity index (χ0v) is 11.1. The predicted molar refractivity (Wildman–Crippen MR) is 69.7 cm³/mol. The summed E-state index contributed by atoms with van der Waals surface area (Å²) in [5.41, 5.74) is 0.557. The van der Waals surface area contributed by atoms with Crippen LogP contribution in [0.3, 0.4) is 0 Å². The third-order valence-electron chi connectivity index (χ3n) is 2.55. The number of ether oxygens (including phenoxy) is 2. The van der Waals surface area contributed by atoms with Crippen LogP contribution in [0.25, 0.3) is 5.70 Å². The van der Waals surface area contributed by atoms with Crippen LogP contribution in [-0.4, -0.2) is 35.6 Å². The normalized spacial score (nSPS) is 15.1. The topological polar surface area (TPSA) is 102 Å². The smallest absolute Gasteiger partial charge is 0.351 e. The summed E-state index contributed by atoms with van der Waals surface area (Å²) in [5, 5.41) is 11.9. The summed E-state index contributed by atoms with van der Waals surface area (Å²) in [6.07, 6.45) is 2.92. The van der Waals surface area contributed by atoms with Crippen molar-refractivity contribution in [2.24, 2.45) is 4.99 Å². The Bertz CT molecular complexity index is 624. The van der Waals surface area contributed by atoms with Crippen LogP contribution >= 0.6 is 0 Å². The Morgan fingerprint density at radius 2 is 2.40 bits per heavy atom. The third kappa shape index (κ3) is 2.39. The molecule has 2 heterocycles. The molecule has 8 nitrogen and oxygen atoms in total. The van der Waals surface area contributed by atoms with Gasteiger partial charge < -0.3 is 14.8 Å². The molecule has 1 aromatic rings. The zero-order valence-electron chi connectivity index (χ0n) is 11.1. The molecule has 2 rings (SSSR count). The number of hydrogen-bond acceptors (Lipinski definition) is 7. The minimum atomic E-state index is -0.694. The Hall–Kier alpha value is -2.66. The van der Waals surface area contributed by atoms with Gasteiger partial charge in [-0.3, -0.25) is 4.57 Å². The molecule has 1 N–H and O–H groups in total. The lowest BCUT2D eigenvalue weighted by Gasteiger charge is -2.13. The van der Waals surface area contributed by atoms with E-state index in [-0.39, 0.29) is 24.6 Å². The number of aromatic nitrogens is 2. The molecular weight excluding hydrogens is 262 g/mol. The first kappa shape index (κ1) is 13.8. The minimum Gasteiger partial charge on any atom is -0.462 e. The molecule has 0 aromatic carbocycles. The van der Waals surface area contributed by atoms with Crippen LogP contribution in [0.4, 0.5) is 5.82 Å². The molecule has 0 amide bonds. The van der Waals surface area contributed by atoms with Crippen molar-refractivity contribution in [2.75, 3.05) is 13.7 Å². The molecule has 0 aliphatic carbocycles. The number of hydrogen-bond donors (Lipinski definition) is 1. The van der Waals surface area contributed by atoms with Gasteiger partial charge in [0.1, 0.15) is 18.5 Å². The van der Waals surface area contributed by atoms with Crippen molar-refractivity contribution in [1.29, 1.82) is 5.26 Å². The van der Waals surface area contributed by atoms with Gasteiger partial charge >= 0.3 is 5.97 Å². The first-order valence-corrected chi connectivity index (χ1v) is 5.87. The first-order valence-electron chi connectivity index (χ1n) is 5.87. The predicted octanol–water partition coefficient (Wildman–Crippen LogP) is 0.548. The molecule has 1 aromatic heterocycles. The van der Waals surface area contributed by atoms with Gasteiger partial charge in [-0.1, -0.05) is 0 Å². The van der Waals surface area contributed by atoms with E-state index in [0.717, 1.165) is 0 Å². The van der Waals surface area contributed by atoms with Crippen LogP contribution in [-0.2, 0) is 21.0 Å². The molecule has 0 radical (unpaired) electrons. The number of fused-ring (bicyclic) bond motifs is 1. The highest BCUT2D eigenvalue weighted by atomic mass is 16.5. The van der Waals surface area contributed by atoms with E-state index in [1.807, 2.05) is 6.07 Å². The van der Waals surface area contributed by atoms with E-state index in [9.17, 15) is 4.79 Å². The summed E-state index contributed by atoms with van der Waals surface area (Å²) in [6, 6.07) is 1.84. The maximum Gasteiger partial charge on any atom is 0.351 e. The highest BCUT2D eigenvalue weighted by Crippen LogP contribution is 2.28. The summed E-state index contributed by atoms with van der Waals surface area (Å²) in [7, 11) is 1.55. The van der Waals surface area contributed by atoms with Crippen molar-refractivity contribution in [3.63, 3.8) is 0 Å². The Labute approximate surface area is 115 Å². The molecular formula is C12H13N5O3. The highest BCUT2D eigenvalue weighted by molar-refractivity contribution is 6.04. The van der Waals surface area contributed by atoms with Crippen molar-refractivity contribution in [2.45, 2.75) is 13.7 Å². The number of esters is 1. The lowest BCUT2D eigenvalue weighted by atomic mass is 10.1. The van der Waals surface area contributed by atoms with Crippen LogP contribution in [0.1, 0.15) is 12.6 Å². The number of carbonyl (C=O) groups excluding carboxylic acids is 1. The molecule has 0 fully saturated rings. The molecule has 8 heteroatoms. The SMILES string of the molecule is CCOC(=O)/C(C#N)=C1\NC=Nc2c1ncn2COC. The summed E-state index contributed by atoms with van der Waals surface area (Å²) >= 11 is 0. The average Bonchev–Trinajstić information content (AvgIpc) is 2.85. The van der Waals surface area contributed by atoms with E-state index < -0.39 is 5.97 Å². The molecule has 1 aliphatic heterocycles. The van der Waals surface area contributed by atoms with E-state index in [2.05, 4.69) is 15.3 Å². The number of nitrogens with one attached hydrogen (secondary N) is 1. The standard InChI is InChI=1S/C12H13N5O3/c1-3-20-12(18)8(4-13)9-10-11(15-5-14-9)17(6-16-10)7-19-2/h5-6H,3,7H2,1-2H3,(H,14,15)/b9-8-. The van der Waals surface area contributed by atoms with Crippen LogP contribution in [0, 0.1) is 11.3 Å². The van der Waals surface area contributed by atoms with Crippen LogP contribution in [0.15, 0.2) is 16.9 Å². The first-order chi connectivity index (χ1) is 9.72. The number of imidazole rings is 1. The second kappa shape index (κ2) is 5.99. The summed E-state index contributed by atoms with van der Waals surface area (Å²) in [5.74, 6) is -0.183. The van der Waals surface area contributed by atoms with Crippen molar-refractivity contribution < 1.29 is 14.3 Å². The van der Waals surface area contributed by atoms with Gasteiger partial charge in [0.15, 0.2) is 11.4 Å². The summed E-state index contributed by atoms with van der Waals surface area (Å²) < 4.78 is 11.5. The minimum absolute atomic E-state index is 0.137. The number of nitrogens with zero attached hydrogens (tertiary/aromatic N) is 4. The van der Waals surface area contributed by atoms with Crippen LogP contribution in [0.2, 0.25) is 0 Å². The molecule has 0 bridgehead atoms. The van der Waals surface area contributed by atoms with Gasteiger partial charge in [0.05, 0.1) is 25.0 Å². The Morgan fingerprint density at radius 1 is 1.60 bits per heavy atom. The van der Waals surface area contributed by atoms with Crippen molar-refractivity contribution >= 4 is 23.8 Å². The highest BCUT2D eigenvalue weighted by Gasteiger charge is 2.25. The molecule has 20 heavy (non-hydrogen) atoms. The molecule has 0 spiro atoms. The number of carbonyl (C=O) groups is 1. The fourth-order valence-corrected chi connectivity index (χ4v) is 1.74. The maximum absolute atomic E-state index is 11.8. The number of nitriles is 1. The van der Waals surface area contributed by atoms with Crippen molar-refractivity contribution in [1.82, 2.24) is 14.9 Å². The summed E-state index contributed by atoms with van der Waals surface area (Å²) in [4.78, 5) is 20.1. The summed E-state index contributed by atoms with van der Waals surface area (Å²) in [6.45, 7) is 2.14. The van der Waals surface area contributed by atoms with Gasteiger partial charge in [-0.2, -0.15) is 5.26 Å². The van der Waals surface area contributed by atoms with Crippen LogP contribution in [0.5, 0.6) is 0 Å². The van der Waals surface area contributed by atoms with Crippen LogP contribution < -0.4 is 5.32 Å². The third-order valence-corrected chi connectivity index (χ3v) is 2.55. The second-order valence-electron chi connectivity index (χ2n) is 3.79. The lowest BCUT2D eigenvalue weighted by molar-refractivity contribution is -0.137. The van der Waals surface area contributed by atoms with Crippen molar-refractivity contribution in [3.05, 3.63) is 17.6 Å². The second-order valence-corrected chi connectivity index (χ2v) is 3.79. The Balaban J connectivity index is 2.49. The van der Waals surface area contributed by atoms with E-state index in [4.69, 9.17) is 14.7 Å². The average molecular weight is 275 g/mol. The van der Waals surface area contributed by atoms with Gasteiger partial charge in [-0.15, -0.1) is 0 Å². The Morgan fingerprint density at radius 3 is 3.05 bits per heavy atom. The molecule has 0 saturated heterocycles. The van der Waals surface area contributed by atoms with Crippen molar-refractivity contribution in [3.8, 4) is 6.07 Å². The quantitative estimate of drug-likeness (QED) is 0.489. The fourth-order valence-electron chi connectivity index (χ4n) is 1.74. The van der Waals surface area contributed by atoms with Gasteiger partial charge in [0.2, 0.25) is 0 Å². The van der Waals surface area contributed by atoms with E-state index in [0.29, 0.717) is 11.5 Å². The van der Waals surface area contributed by atoms with Gasteiger partial charge in [0.25, 0.3) is 0 Å². The molecule has 0 atom stereocenters. The molecule has 0 unspecified atom stereocenters. The lowest BCUT2D eigenvalue weighted by Crippen LogP contribution is -2.20. The maximum atomic E-state index is 11.8. The number of rotatable bonds is 4. The molecule has 1 aliphatic rings. The fraction of sp³-hybridized carbons (Fsp3) is 0.333. The van der Waals surface area contributed by atoms with Gasteiger partial charge in [-0.05, 0) is 6.92 Å². The zero-order chi connectivity index (χ0) is 14.5. The molecule has 0 saturated carbocycles. The number of methoxy groups -OCH3 is 1. The van der Waals surface area contributed by atoms with E-state index in [1.54, 1.807) is 18.6 Å². The molecule has 104 valence electrons. The van der Waals surface area contributed by atoms with Gasteiger partial charge in [0, 0.05) is 7.11 Å². The number of aliphatic imine (C=N–C) groups is 1. The van der Waals surface area contributed by atoms with E-state index in [1.165, 1.54) is 12.7 Å². The largest absolute Gasteiger partial charge is 0.462 e.